The maximum absolute atomic E-state index is 9.33. The SMILES string of the molecule is CC[Si@](C)(O)[Si](C)O. The minimum absolute atomic E-state index is 0.772. The molecule has 49 valence electrons. The average Bonchev–Trinajstić information content (AvgIpc) is 1.67. The van der Waals surface area contributed by atoms with E-state index in [2.05, 4.69) is 0 Å². The van der Waals surface area contributed by atoms with Crippen LogP contribution in [0.2, 0.25) is 19.1 Å². The van der Waals surface area contributed by atoms with E-state index in [-0.39, 0.29) is 0 Å². The van der Waals surface area contributed by atoms with E-state index >= 15 is 0 Å². The van der Waals surface area contributed by atoms with Gasteiger partial charge in [-0.1, -0.05) is 6.92 Å². The molecule has 8 heavy (non-hydrogen) atoms. The van der Waals surface area contributed by atoms with Crippen molar-refractivity contribution in [1.29, 1.82) is 0 Å². The zero-order chi connectivity index (χ0) is 6.78. The Hall–Kier alpha value is 0.354. The van der Waals surface area contributed by atoms with E-state index in [4.69, 9.17) is 4.80 Å². The van der Waals surface area contributed by atoms with Gasteiger partial charge >= 0.3 is 0 Å². The van der Waals surface area contributed by atoms with Gasteiger partial charge in [-0.3, -0.25) is 0 Å². The second kappa shape index (κ2) is 2.77. The Bertz CT molecular complexity index is 72.4. The molecule has 4 heteroatoms. The average molecular weight is 149 g/mol. The fourth-order valence-corrected chi connectivity index (χ4v) is 2.30. The van der Waals surface area contributed by atoms with E-state index < -0.39 is 16.4 Å². The van der Waals surface area contributed by atoms with Gasteiger partial charge < -0.3 is 9.59 Å². The van der Waals surface area contributed by atoms with Crippen molar-refractivity contribution in [3.05, 3.63) is 0 Å². The van der Waals surface area contributed by atoms with Crippen LogP contribution in [0.25, 0.3) is 0 Å². The van der Waals surface area contributed by atoms with Crippen LogP contribution in [-0.2, 0) is 0 Å². The van der Waals surface area contributed by atoms with Crippen LogP contribution in [0.15, 0.2) is 0 Å². The zero-order valence-electron chi connectivity index (χ0n) is 5.60. The summed E-state index contributed by atoms with van der Waals surface area (Å²) >= 11 is 0. The van der Waals surface area contributed by atoms with Gasteiger partial charge in [0, 0.05) is 0 Å². The second-order valence-corrected chi connectivity index (χ2v) is 12.0. The summed E-state index contributed by atoms with van der Waals surface area (Å²) in [6, 6.07) is 0.772. The maximum Gasteiger partial charge on any atom is 0.221 e. The quantitative estimate of drug-likeness (QED) is 0.553. The van der Waals surface area contributed by atoms with Gasteiger partial charge in [0.1, 0.15) is 0 Å². The van der Waals surface area contributed by atoms with Crippen molar-refractivity contribution < 1.29 is 9.59 Å². The molecule has 0 saturated heterocycles. The van der Waals surface area contributed by atoms with Gasteiger partial charge in [0.2, 0.25) is 16.4 Å². The highest BCUT2D eigenvalue weighted by molar-refractivity contribution is 7.25. The smallest absolute Gasteiger partial charge is 0.221 e. The first-order valence-electron chi connectivity index (χ1n) is 2.76. The second-order valence-electron chi connectivity index (χ2n) is 2.21. The summed E-state index contributed by atoms with van der Waals surface area (Å²) in [6.07, 6.45) is 0. The Labute approximate surface area is 52.8 Å². The Morgan fingerprint density at radius 1 is 1.62 bits per heavy atom. The lowest BCUT2D eigenvalue weighted by Gasteiger charge is -2.18. The highest BCUT2D eigenvalue weighted by atomic mass is 29.2. The summed E-state index contributed by atoms with van der Waals surface area (Å²) in [5, 5.41) is 0. The molecule has 0 aromatic rings. The van der Waals surface area contributed by atoms with E-state index in [0.717, 1.165) is 6.04 Å². The fraction of sp³-hybridized carbons (Fsp3) is 1.00. The molecule has 0 fully saturated rings. The van der Waals surface area contributed by atoms with Crippen LogP contribution in [0.1, 0.15) is 6.92 Å². The van der Waals surface area contributed by atoms with Crippen LogP contribution < -0.4 is 0 Å². The van der Waals surface area contributed by atoms with E-state index in [9.17, 15) is 4.80 Å². The van der Waals surface area contributed by atoms with Crippen molar-refractivity contribution >= 4 is 16.4 Å². The molecular weight excluding hydrogens is 136 g/mol. The molecule has 0 amide bonds. The fourth-order valence-electron chi connectivity index (χ4n) is 0.256. The Balaban J connectivity index is 3.71. The third-order valence-electron chi connectivity index (χ3n) is 1.47. The number of hydrogen-bond acceptors (Lipinski definition) is 2. The minimum Gasteiger partial charge on any atom is -0.432 e. The van der Waals surface area contributed by atoms with E-state index in [1.165, 1.54) is 0 Å². The van der Waals surface area contributed by atoms with Crippen molar-refractivity contribution in [1.82, 2.24) is 0 Å². The Kier molecular flexibility index (Phi) is 2.89. The number of hydrogen-bond donors (Lipinski definition) is 2. The van der Waals surface area contributed by atoms with Crippen molar-refractivity contribution in [2.75, 3.05) is 0 Å². The molecule has 0 aliphatic heterocycles. The van der Waals surface area contributed by atoms with Crippen molar-refractivity contribution in [2.45, 2.75) is 26.1 Å². The molecule has 0 aromatic heterocycles. The Morgan fingerprint density at radius 3 is 2.00 bits per heavy atom. The molecular formula is C4H13O2Si2. The molecule has 1 atom stereocenters. The highest BCUT2D eigenvalue weighted by Crippen LogP contribution is 2.05. The third-order valence-corrected chi connectivity index (χ3v) is 10.1. The molecule has 0 bridgehead atoms. The van der Waals surface area contributed by atoms with Crippen LogP contribution in [-0.4, -0.2) is 26.0 Å². The van der Waals surface area contributed by atoms with Gasteiger partial charge in [-0.25, -0.2) is 0 Å². The highest BCUT2D eigenvalue weighted by Gasteiger charge is 2.30. The topological polar surface area (TPSA) is 40.5 Å². The minimum atomic E-state index is -2.10. The van der Waals surface area contributed by atoms with Crippen LogP contribution in [0.4, 0.5) is 0 Å². The molecule has 0 rings (SSSR count). The van der Waals surface area contributed by atoms with Crippen LogP contribution in [0.5, 0.6) is 0 Å². The largest absolute Gasteiger partial charge is 0.432 e. The normalized spacial score (nSPS) is 18.8. The van der Waals surface area contributed by atoms with Crippen molar-refractivity contribution in [2.24, 2.45) is 0 Å². The molecule has 0 aliphatic rings. The van der Waals surface area contributed by atoms with Crippen LogP contribution >= 0.6 is 0 Å². The van der Waals surface area contributed by atoms with Gasteiger partial charge in [-0.15, -0.1) is 0 Å². The molecule has 0 unspecified atom stereocenters. The molecule has 0 aromatic carbocycles. The predicted molar refractivity (Wildman–Crippen MR) is 38.2 cm³/mol. The molecule has 0 aliphatic carbocycles. The van der Waals surface area contributed by atoms with Gasteiger partial charge in [0.25, 0.3) is 0 Å². The third kappa shape index (κ3) is 2.08. The summed E-state index contributed by atoms with van der Waals surface area (Å²) in [5.41, 5.74) is 0. The van der Waals surface area contributed by atoms with E-state index in [1.807, 2.05) is 6.92 Å². The van der Waals surface area contributed by atoms with Gasteiger partial charge in [-0.2, -0.15) is 0 Å². The van der Waals surface area contributed by atoms with Gasteiger partial charge in [-0.05, 0) is 19.1 Å². The molecule has 0 spiro atoms. The molecule has 1 radical (unpaired) electrons. The lowest BCUT2D eigenvalue weighted by molar-refractivity contribution is 0.531. The van der Waals surface area contributed by atoms with Gasteiger partial charge in [0.15, 0.2) is 0 Å². The Morgan fingerprint density at radius 2 is 2.00 bits per heavy atom. The van der Waals surface area contributed by atoms with E-state index in [1.54, 1.807) is 13.1 Å². The van der Waals surface area contributed by atoms with Crippen molar-refractivity contribution in [3.63, 3.8) is 0 Å². The van der Waals surface area contributed by atoms with Crippen LogP contribution in [0, 0.1) is 0 Å². The number of rotatable bonds is 2. The van der Waals surface area contributed by atoms with E-state index in [0.29, 0.717) is 0 Å². The first-order chi connectivity index (χ1) is 3.50. The standard InChI is InChI=1S/C4H13O2Si2/c1-4-8(3,6)7(2)5/h5-6H,4H2,1-3H3/t8-/m1/s1. The summed E-state index contributed by atoms with van der Waals surface area (Å²) in [4.78, 5) is 18.3. The lowest BCUT2D eigenvalue weighted by atomic mass is 11.0. The predicted octanol–water partition coefficient (Wildman–Crippen LogP) is 0.266. The van der Waals surface area contributed by atoms with Crippen LogP contribution in [0.3, 0.4) is 0 Å². The molecule has 2 N–H and O–H groups in total. The molecule has 0 saturated carbocycles. The maximum atomic E-state index is 9.33. The summed E-state index contributed by atoms with van der Waals surface area (Å²) in [7, 11) is -3.46. The van der Waals surface area contributed by atoms with Gasteiger partial charge in [0.05, 0.1) is 0 Å². The summed E-state index contributed by atoms with van der Waals surface area (Å²) < 4.78 is 0. The molecule has 2 nitrogen and oxygen atoms in total. The summed E-state index contributed by atoms with van der Waals surface area (Å²) in [6.45, 7) is 5.48. The zero-order valence-corrected chi connectivity index (χ0v) is 7.60. The first kappa shape index (κ1) is 8.35. The monoisotopic (exact) mass is 149 g/mol. The summed E-state index contributed by atoms with van der Waals surface area (Å²) in [5.74, 6) is 0. The lowest BCUT2D eigenvalue weighted by Crippen LogP contribution is -2.46. The van der Waals surface area contributed by atoms with Crippen molar-refractivity contribution in [3.8, 4) is 0 Å². The molecule has 0 heterocycles. The first-order valence-corrected chi connectivity index (χ1v) is 8.36.